The molecule has 2 aliphatic heterocycles. The number of fused-ring (bicyclic) bond motifs is 1. The van der Waals surface area contributed by atoms with Crippen molar-refractivity contribution in [1.29, 1.82) is 0 Å². The lowest BCUT2D eigenvalue weighted by Gasteiger charge is -2.32. The molecule has 0 bridgehead atoms. The van der Waals surface area contributed by atoms with E-state index >= 15 is 0 Å². The number of ether oxygens (including phenoxy) is 1. The Morgan fingerprint density at radius 2 is 2.00 bits per heavy atom. The van der Waals surface area contributed by atoms with Crippen molar-refractivity contribution < 1.29 is 14.2 Å². The van der Waals surface area contributed by atoms with Gasteiger partial charge in [-0.25, -0.2) is 9.37 Å². The van der Waals surface area contributed by atoms with Gasteiger partial charge in [-0.2, -0.15) is 9.97 Å². The molecular weight excluding hydrogens is 385 g/mol. The molecule has 152 valence electrons. The molecule has 7 nitrogen and oxygen atoms in total. The first kappa shape index (κ1) is 19.5. The van der Waals surface area contributed by atoms with Crippen molar-refractivity contribution in [2.75, 3.05) is 38.2 Å². The Morgan fingerprint density at radius 1 is 1.21 bits per heavy atom. The molecule has 28 heavy (non-hydrogen) atoms. The molecule has 9 heteroatoms. The van der Waals surface area contributed by atoms with Crippen molar-refractivity contribution in [3.63, 3.8) is 0 Å². The van der Waals surface area contributed by atoms with Gasteiger partial charge in [-0.1, -0.05) is 11.6 Å². The lowest BCUT2D eigenvalue weighted by Crippen LogP contribution is -2.39. The Labute approximate surface area is 168 Å². The van der Waals surface area contributed by atoms with E-state index in [1.165, 1.54) is 0 Å². The molecule has 0 aliphatic carbocycles. The van der Waals surface area contributed by atoms with Gasteiger partial charge in [-0.15, -0.1) is 0 Å². The van der Waals surface area contributed by atoms with Gasteiger partial charge < -0.3 is 19.6 Å². The van der Waals surface area contributed by atoms with Crippen LogP contribution >= 0.6 is 11.6 Å². The van der Waals surface area contributed by atoms with Crippen LogP contribution in [0.3, 0.4) is 0 Å². The van der Waals surface area contributed by atoms with Crippen LogP contribution in [0.15, 0.2) is 0 Å². The van der Waals surface area contributed by atoms with Gasteiger partial charge >= 0.3 is 6.01 Å². The van der Waals surface area contributed by atoms with Gasteiger partial charge in [-0.05, 0) is 46.2 Å². The fourth-order valence-electron chi connectivity index (χ4n) is 4.07. The first-order chi connectivity index (χ1) is 13.4. The number of aliphatic hydroxyl groups is 1. The van der Waals surface area contributed by atoms with Crippen molar-refractivity contribution in [2.24, 2.45) is 0 Å². The number of anilines is 1. The van der Waals surface area contributed by atoms with Crippen molar-refractivity contribution in [3.8, 4) is 6.01 Å². The second-order valence-corrected chi connectivity index (χ2v) is 8.04. The number of rotatable bonds is 4. The zero-order valence-electron chi connectivity index (χ0n) is 16.2. The van der Waals surface area contributed by atoms with Crippen LogP contribution in [0.2, 0.25) is 5.15 Å². The molecule has 2 aromatic rings. The molecule has 0 unspecified atom stereocenters. The first-order valence-corrected chi connectivity index (χ1v) is 10.1. The molecule has 0 spiro atoms. The van der Waals surface area contributed by atoms with Crippen molar-refractivity contribution in [1.82, 2.24) is 19.9 Å². The molecule has 1 N–H and O–H groups in total. The minimum Gasteiger partial charge on any atom is -0.462 e. The Kier molecular flexibility index (Phi) is 5.53. The number of piperidine rings is 1. The molecule has 0 aromatic carbocycles. The largest absolute Gasteiger partial charge is 0.462 e. The number of likely N-dealkylation sites (N-methyl/N-ethyl adjacent to an activating group) is 1. The predicted octanol–water partition coefficient (Wildman–Crippen LogP) is 2.56. The molecule has 2 saturated heterocycles. The highest BCUT2D eigenvalue weighted by Gasteiger charge is 2.27. The fourth-order valence-corrected chi connectivity index (χ4v) is 4.29. The number of hydrogen-bond acceptors (Lipinski definition) is 7. The Morgan fingerprint density at radius 3 is 2.71 bits per heavy atom. The monoisotopic (exact) mass is 409 g/mol. The highest BCUT2D eigenvalue weighted by Crippen LogP contribution is 2.33. The van der Waals surface area contributed by atoms with Gasteiger partial charge in [0.05, 0.1) is 17.2 Å². The molecule has 2 aliphatic rings. The van der Waals surface area contributed by atoms with Gasteiger partial charge in [0.15, 0.2) is 11.0 Å². The summed E-state index contributed by atoms with van der Waals surface area (Å²) in [7, 11) is 2.07. The summed E-state index contributed by atoms with van der Waals surface area (Å²) in [5.74, 6) is -0.134. The summed E-state index contributed by atoms with van der Waals surface area (Å²) in [6, 6.07) is 0.426. The second-order valence-electron chi connectivity index (χ2n) is 7.69. The number of likely N-dealkylation sites (tertiary alicyclic amines) is 1. The number of pyridine rings is 1. The van der Waals surface area contributed by atoms with Crippen LogP contribution in [0.4, 0.5) is 10.2 Å². The molecule has 4 heterocycles. The number of nitrogens with zero attached hydrogens (tertiary/aromatic N) is 5. The van der Waals surface area contributed by atoms with E-state index in [1.807, 2.05) is 4.90 Å². The number of hydrogen-bond donors (Lipinski definition) is 1. The van der Waals surface area contributed by atoms with Crippen LogP contribution in [0.5, 0.6) is 6.01 Å². The summed E-state index contributed by atoms with van der Waals surface area (Å²) in [6.45, 7) is 4.40. The normalized spacial score (nSPS) is 23.5. The highest BCUT2D eigenvalue weighted by molar-refractivity contribution is 6.30. The Balaban J connectivity index is 1.74. The molecule has 4 rings (SSSR count). The topological polar surface area (TPSA) is 74.6 Å². The van der Waals surface area contributed by atoms with Crippen LogP contribution in [-0.2, 0) is 0 Å². The Hall–Kier alpha value is -1.77. The summed E-state index contributed by atoms with van der Waals surface area (Å²) < 4.78 is 20.6. The van der Waals surface area contributed by atoms with Crippen LogP contribution in [0.1, 0.15) is 31.4 Å². The maximum absolute atomic E-state index is 14.8. The predicted molar refractivity (Wildman–Crippen MR) is 106 cm³/mol. The highest BCUT2D eigenvalue weighted by atomic mass is 35.5. The number of aliphatic hydroxyl groups excluding tert-OH is 1. The lowest BCUT2D eigenvalue weighted by atomic mass is 10.1. The lowest BCUT2D eigenvalue weighted by molar-refractivity contribution is 0.153. The van der Waals surface area contributed by atoms with Gasteiger partial charge in [-0.3, -0.25) is 0 Å². The van der Waals surface area contributed by atoms with Crippen LogP contribution in [-0.4, -0.2) is 70.4 Å². The average molecular weight is 410 g/mol. The van der Waals surface area contributed by atoms with Gasteiger partial charge in [0.2, 0.25) is 0 Å². The van der Waals surface area contributed by atoms with Crippen molar-refractivity contribution in [3.05, 3.63) is 16.7 Å². The van der Waals surface area contributed by atoms with Crippen LogP contribution in [0.25, 0.3) is 10.9 Å². The quantitative estimate of drug-likeness (QED) is 0.778. The van der Waals surface area contributed by atoms with E-state index in [1.54, 1.807) is 6.92 Å². The molecule has 2 aromatic heterocycles. The van der Waals surface area contributed by atoms with Crippen LogP contribution < -0.4 is 9.64 Å². The van der Waals surface area contributed by atoms with E-state index in [9.17, 15) is 9.50 Å². The standard InChI is InChI=1S/C19H25ClFN5O2/c1-11-14-16(15(21)17(20)22-11)23-19(28-10-12-5-3-7-25(12)2)24-18(14)26-8-4-6-13(27)9-26/h12-13,27H,3-10H2,1-2H3/t12-,13+/m0/s1. The maximum atomic E-state index is 14.8. The molecule has 2 fully saturated rings. The SMILES string of the molecule is Cc1nc(Cl)c(F)c2nc(OC[C@@H]3CCCN3C)nc(N3CCC[C@@H](O)C3)c12. The number of β-amino-alcohol motifs (C(OH)–C–C–N with tert-alkyl or cyclic N) is 1. The van der Waals surface area contributed by atoms with Gasteiger partial charge in [0, 0.05) is 19.1 Å². The molecule has 0 radical (unpaired) electrons. The molecule has 0 saturated carbocycles. The summed E-state index contributed by atoms with van der Waals surface area (Å²) >= 11 is 5.96. The number of aromatic nitrogens is 3. The molecule has 0 amide bonds. The van der Waals surface area contributed by atoms with Crippen LogP contribution in [0, 0.1) is 12.7 Å². The van der Waals surface area contributed by atoms with Crippen molar-refractivity contribution in [2.45, 2.75) is 44.8 Å². The van der Waals surface area contributed by atoms with Gasteiger partial charge in [0.25, 0.3) is 0 Å². The minimum absolute atomic E-state index is 0.109. The van der Waals surface area contributed by atoms with E-state index in [4.69, 9.17) is 16.3 Å². The summed E-state index contributed by atoms with van der Waals surface area (Å²) in [5.41, 5.74) is 0.663. The average Bonchev–Trinajstić information content (AvgIpc) is 3.08. The number of halogens is 2. The van der Waals surface area contributed by atoms with E-state index in [-0.39, 0.29) is 16.7 Å². The minimum atomic E-state index is -0.675. The zero-order valence-corrected chi connectivity index (χ0v) is 16.9. The smallest absolute Gasteiger partial charge is 0.319 e. The van der Waals surface area contributed by atoms with Crippen molar-refractivity contribution >= 4 is 28.3 Å². The second kappa shape index (κ2) is 7.93. The summed E-state index contributed by atoms with van der Waals surface area (Å²) in [5, 5.41) is 10.4. The fraction of sp³-hybridized carbons (Fsp3) is 0.632. The van der Waals surface area contributed by atoms with E-state index in [0.717, 1.165) is 38.8 Å². The van der Waals surface area contributed by atoms with E-state index in [2.05, 4.69) is 26.9 Å². The Bertz CT molecular complexity index is 883. The summed E-state index contributed by atoms with van der Waals surface area (Å²) in [4.78, 5) is 17.2. The third kappa shape index (κ3) is 3.73. The van der Waals surface area contributed by atoms with E-state index < -0.39 is 11.9 Å². The van der Waals surface area contributed by atoms with Gasteiger partial charge in [0.1, 0.15) is 17.9 Å². The first-order valence-electron chi connectivity index (χ1n) is 9.73. The summed E-state index contributed by atoms with van der Waals surface area (Å²) in [6.07, 6.45) is 3.32. The maximum Gasteiger partial charge on any atom is 0.319 e. The zero-order chi connectivity index (χ0) is 19.8. The number of aryl methyl sites for hydroxylation is 1. The molecule has 2 atom stereocenters. The molecular formula is C19H25ClFN5O2. The third-order valence-electron chi connectivity index (χ3n) is 5.66. The van der Waals surface area contributed by atoms with E-state index in [0.29, 0.717) is 36.1 Å². The third-order valence-corrected chi connectivity index (χ3v) is 5.91.